The Morgan fingerprint density at radius 2 is 1.77 bits per heavy atom. The van der Waals surface area contributed by atoms with E-state index in [2.05, 4.69) is 26.2 Å². The van der Waals surface area contributed by atoms with Crippen LogP contribution >= 0.6 is 11.6 Å². The summed E-state index contributed by atoms with van der Waals surface area (Å²) in [7, 11) is 1.60. The van der Waals surface area contributed by atoms with Crippen LogP contribution in [-0.2, 0) is 13.1 Å². The number of hydrogen-bond acceptors (Lipinski definition) is 5. The lowest BCUT2D eigenvalue weighted by Crippen LogP contribution is -2.35. The highest BCUT2D eigenvalue weighted by molar-refractivity contribution is 6.30. The van der Waals surface area contributed by atoms with E-state index in [1.165, 1.54) is 0 Å². The highest BCUT2D eigenvalue weighted by Gasteiger charge is 2.10. The van der Waals surface area contributed by atoms with Gasteiger partial charge in [-0.25, -0.2) is 4.79 Å². The first-order valence-electron chi connectivity index (χ1n) is 7.83. The minimum Gasteiger partial charge on any atom is -0.497 e. The number of nitrogens with zero attached hydrogens (tertiary/aromatic N) is 4. The van der Waals surface area contributed by atoms with Gasteiger partial charge in [-0.3, -0.25) is 0 Å². The third-order valence-electron chi connectivity index (χ3n) is 3.62. The fourth-order valence-electron chi connectivity index (χ4n) is 2.25. The molecule has 0 radical (unpaired) electrons. The number of hydrogen-bond donors (Lipinski definition) is 2. The highest BCUT2D eigenvalue weighted by Crippen LogP contribution is 2.14. The third-order valence-corrected chi connectivity index (χ3v) is 3.88. The second kappa shape index (κ2) is 8.30. The number of methoxy groups -OCH3 is 1. The number of ether oxygens (including phenoxy) is 1. The first-order chi connectivity index (χ1) is 12.7. The van der Waals surface area contributed by atoms with Crippen LogP contribution in [0.5, 0.6) is 5.75 Å². The fraction of sp³-hybridized carbons (Fsp3) is 0.176. The van der Waals surface area contributed by atoms with Gasteiger partial charge in [-0.05, 0) is 52.4 Å². The number of urea groups is 1. The number of amides is 2. The normalized spacial score (nSPS) is 10.4. The minimum atomic E-state index is -0.316. The van der Waals surface area contributed by atoms with Gasteiger partial charge >= 0.3 is 6.03 Å². The first kappa shape index (κ1) is 17.7. The van der Waals surface area contributed by atoms with Crippen molar-refractivity contribution in [2.24, 2.45) is 0 Å². The van der Waals surface area contributed by atoms with Crippen molar-refractivity contribution in [3.63, 3.8) is 0 Å². The summed E-state index contributed by atoms with van der Waals surface area (Å²) in [5, 5.41) is 17.7. The maximum atomic E-state index is 12.0. The van der Waals surface area contributed by atoms with Gasteiger partial charge in [-0.2, -0.15) is 4.68 Å². The molecule has 2 aromatic carbocycles. The van der Waals surface area contributed by atoms with Gasteiger partial charge < -0.3 is 15.4 Å². The number of benzene rings is 2. The van der Waals surface area contributed by atoms with E-state index in [1.54, 1.807) is 23.9 Å². The molecule has 0 atom stereocenters. The van der Waals surface area contributed by atoms with Crippen molar-refractivity contribution in [3.05, 3.63) is 64.9 Å². The third kappa shape index (κ3) is 4.48. The Kier molecular flexibility index (Phi) is 5.65. The number of aromatic nitrogens is 4. The molecule has 9 heteroatoms. The van der Waals surface area contributed by atoms with Gasteiger partial charge in [0.25, 0.3) is 0 Å². The van der Waals surface area contributed by atoms with Gasteiger partial charge in [0.15, 0.2) is 5.82 Å². The number of carbonyl (C=O) groups excluding carboxylic acids is 1. The number of nitrogens with one attached hydrogen (secondary N) is 2. The molecule has 0 bridgehead atoms. The maximum absolute atomic E-state index is 12.0. The zero-order valence-corrected chi connectivity index (χ0v) is 14.8. The van der Waals surface area contributed by atoms with Crippen LogP contribution in [0.2, 0.25) is 5.02 Å². The predicted molar refractivity (Wildman–Crippen MR) is 96.2 cm³/mol. The average molecular weight is 373 g/mol. The number of carbonyl (C=O) groups is 1. The quantitative estimate of drug-likeness (QED) is 0.692. The molecule has 1 heterocycles. The molecule has 2 N–H and O–H groups in total. The van der Waals surface area contributed by atoms with E-state index in [0.29, 0.717) is 17.4 Å². The van der Waals surface area contributed by atoms with Crippen molar-refractivity contribution in [2.75, 3.05) is 7.11 Å². The molecule has 3 rings (SSSR count). The van der Waals surface area contributed by atoms with Gasteiger partial charge in [0.1, 0.15) is 5.75 Å². The Morgan fingerprint density at radius 3 is 2.46 bits per heavy atom. The van der Waals surface area contributed by atoms with Gasteiger partial charge in [0.2, 0.25) is 0 Å². The zero-order chi connectivity index (χ0) is 18.4. The molecular formula is C17H17ClN6O2. The lowest BCUT2D eigenvalue weighted by atomic mass is 10.2. The Morgan fingerprint density at radius 1 is 1.08 bits per heavy atom. The van der Waals surface area contributed by atoms with Crippen LogP contribution in [0.1, 0.15) is 11.4 Å². The Hall–Kier alpha value is -3.13. The molecule has 8 nitrogen and oxygen atoms in total. The molecule has 134 valence electrons. The van der Waals surface area contributed by atoms with Crippen LogP contribution in [0.25, 0.3) is 5.69 Å². The van der Waals surface area contributed by atoms with Crippen LogP contribution in [0, 0.1) is 0 Å². The van der Waals surface area contributed by atoms with Crippen molar-refractivity contribution in [3.8, 4) is 11.4 Å². The summed E-state index contributed by atoms with van der Waals surface area (Å²) in [5.41, 5.74) is 1.72. The summed E-state index contributed by atoms with van der Waals surface area (Å²) < 4.78 is 6.69. The van der Waals surface area contributed by atoms with E-state index in [9.17, 15) is 4.79 Å². The number of rotatable bonds is 6. The lowest BCUT2D eigenvalue weighted by Gasteiger charge is -2.08. The van der Waals surface area contributed by atoms with E-state index >= 15 is 0 Å². The zero-order valence-electron chi connectivity index (χ0n) is 14.0. The van der Waals surface area contributed by atoms with E-state index < -0.39 is 0 Å². The highest BCUT2D eigenvalue weighted by atomic mass is 35.5. The Labute approximate surface area is 155 Å². The molecule has 0 saturated heterocycles. The summed E-state index contributed by atoms with van der Waals surface area (Å²) in [4.78, 5) is 12.0. The summed E-state index contributed by atoms with van der Waals surface area (Å²) in [6.07, 6.45) is 0. The largest absolute Gasteiger partial charge is 0.497 e. The van der Waals surface area contributed by atoms with Crippen LogP contribution in [0.3, 0.4) is 0 Å². The number of halogens is 1. The Bertz CT molecular complexity index is 864. The molecule has 0 unspecified atom stereocenters. The second-order valence-corrected chi connectivity index (χ2v) is 5.80. The topological polar surface area (TPSA) is 94.0 Å². The van der Waals surface area contributed by atoms with Crippen LogP contribution in [-0.4, -0.2) is 33.3 Å². The van der Waals surface area contributed by atoms with E-state index in [-0.39, 0.29) is 12.6 Å². The van der Waals surface area contributed by atoms with Gasteiger partial charge in [0, 0.05) is 11.6 Å². The Balaban J connectivity index is 1.55. The molecule has 26 heavy (non-hydrogen) atoms. The van der Waals surface area contributed by atoms with Crippen molar-refractivity contribution in [2.45, 2.75) is 13.1 Å². The smallest absolute Gasteiger partial charge is 0.315 e. The van der Waals surface area contributed by atoms with Gasteiger partial charge in [-0.15, -0.1) is 5.10 Å². The maximum Gasteiger partial charge on any atom is 0.315 e. The standard InChI is InChI=1S/C17H17ClN6O2/c1-26-15-8-6-14(7-9-15)24-16(21-22-23-24)11-20-17(25)19-10-12-2-4-13(18)5-3-12/h2-9H,10-11H2,1H3,(H2,19,20,25). The van der Waals surface area contributed by atoms with Crippen molar-refractivity contribution in [1.82, 2.24) is 30.8 Å². The molecule has 0 saturated carbocycles. The van der Waals surface area contributed by atoms with E-state index in [4.69, 9.17) is 16.3 Å². The predicted octanol–water partition coefficient (Wildman–Crippen LogP) is 2.32. The van der Waals surface area contributed by atoms with Crippen molar-refractivity contribution in [1.29, 1.82) is 0 Å². The summed E-state index contributed by atoms with van der Waals surface area (Å²) in [5.74, 6) is 1.25. The molecule has 0 aliphatic carbocycles. The van der Waals surface area contributed by atoms with Gasteiger partial charge in [-0.1, -0.05) is 23.7 Å². The average Bonchev–Trinajstić information content (AvgIpc) is 3.14. The molecule has 0 fully saturated rings. The first-order valence-corrected chi connectivity index (χ1v) is 8.21. The molecule has 0 aliphatic heterocycles. The monoisotopic (exact) mass is 372 g/mol. The molecule has 0 aliphatic rings. The van der Waals surface area contributed by atoms with Crippen molar-refractivity contribution >= 4 is 17.6 Å². The molecule has 2 amide bonds. The molecule has 1 aromatic heterocycles. The van der Waals surface area contributed by atoms with E-state index in [0.717, 1.165) is 17.0 Å². The fourth-order valence-corrected chi connectivity index (χ4v) is 2.37. The van der Waals surface area contributed by atoms with Gasteiger partial charge in [0.05, 0.1) is 19.3 Å². The van der Waals surface area contributed by atoms with Crippen LogP contribution in [0.4, 0.5) is 4.79 Å². The van der Waals surface area contributed by atoms with Crippen molar-refractivity contribution < 1.29 is 9.53 Å². The SMILES string of the molecule is COc1ccc(-n2nnnc2CNC(=O)NCc2ccc(Cl)cc2)cc1. The van der Waals surface area contributed by atoms with E-state index in [1.807, 2.05) is 36.4 Å². The summed E-state index contributed by atoms with van der Waals surface area (Å²) >= 11 is 5.84. The van der Waals surface area contributed by atoms with Crippen LogP contribution in [0.15, 0.2) is 48.5 Å². The minimum absolute atomic E-state index is 0.186. The second-order valence-electron chi connectivity index (χ2n) is 5.37. The van der Waals surface area contributed by atoms with Crippen LogP contribution < -0.4 is 15.4 Å². The molecule has 3 aromatic rings. The molecule has 0 spiro atoms. The molecular weight excluding hydrogens is 356 g/mol. The lowest BCUT2D eigenvalue weighted by molar-refractivity contribution is 0.240. The summed E-state index contributed by atoms with van der Waals surface area (Å²) in [6, 6.07) is 14.2. The summed E-state index contributed by atoms with van der Waals surface area (Å²) in [6.45, 7) is 0.581. The number of tetrazole rings is 1.